The van der Waals surface area contributed by atoms with Crippen molar-refractivity contribution in [1.29, 1.82) is 0 Å². The van der Waals surface area contributed by atoms with Crippen molar-refractivity contribution in [2.45, 2.75) is 27.7 Å². The summed E-state index contributed by atoms with van der Waals surface area (Å²) in [5.74, 6) is 0.509. The van der Waals surface area contributed by atoms with Crippen LogP contribution in [0, 0.1) is 27.7 Å². The van der Waals surface area contributed by atoms with E-state index >= 15 is 0 Å². The molecule has 6 aromatic rings. The van der Waals surface area contributed by atoms with Crippen molar-refractivity contribution < 1.29 is 10.2 Å². The number of nitrogens with zero attached hydrogens (tertiary/aromatic N) is 4. The monoisotopic (exact) mass is 644 g/mol. The Morgan fingerprint density at radius 3 is 1.20 bits per heavy atom. The molecule has 6 nitrogen and oxygen atoms in total. The molecule has 0 bridgehead atoms. The summed E-state index contributed by atoms with van der Waals surface area (Å²) in [7, 11) is 0. The van der Waals surface area contributed by atoms with Crippen LogP contribution in [0.3, 0.4) is 0 Å². The molecule has 0 saturated carbocycles. The Bertz CT molecular complexity index is 2030. The van der Waals surface area contributed by atoms with Crippen LogP contribution in [-0.2, 0) is 0 Å². The Morgan fingerprint density at radius 1 is 0.429 bits per heavy atom. The van der Waals surface area contributed by atoms with Gasteiger partial charge in [0.05, 0.1) is 54.1 Å². The first-order valence-electron chi connectivity index (χ1n) is 16.8. The number of rotatable bonds is 6. The highest BCUT2D eigenvalue weighted by Gasteiger charge is 2.34. The predicted octanol–water partition coefficient (Wildman–Crippen LogP) is 10.2. The molecule has 2 aliphatic rings. The highest BCUT2D eigenvalue weighted by molar-refractivity contribution is 5.91. The maximum Gasteiger partial charge on any atom is 0.139 e. The molecule has 0 spiro atoms. The summed E-state index contributed by atoms with van der Waals surface area (Å²) in [6, 6.07) is 41.4. The van der Waals surface area contributed by atoms with E-state index in [-0.39, 0.29) is 11.5 Å². The Labute approximate surface area is 288 Å². The Hall–Kier alpha value is -5.88. The van der Waals surface area contributed by atoms with Crippen LogP contribution in [0.1, 0.15) is 22.3 Å². The Kier molecular flexibility index (Phi) is 7.44. The van der Waals surface area contributed by atoms with Gasteiger partial charge >= 0.3 is 0 Å². The van der Waals surface area contributed by atoms with E-state index in [0.717, 1.165) is 34.1 Å². The summed E-state index contributed by atoms with van der Waals surface area (Å²) < 4.78 is 0. The van der Waals surface area contributed by atoms with E-state index in [1.807, 2.05) is 36.4 Å². The first kappa shape index (κ1) is 30.5. The number of hydrogen-bond donors (Lipinski definition) is 2. The van der Waals surface area contributed by atoms with Crippen LogP contribution in [0.15, 0.2) is 121 Å². The zero-order valence-corrected chi connectivity index (χ0v) is 28.4. The molecule has 0 unspecified atom stereocenters. The van der Waals surface area contributed by atoms with Crippen molar-refractivity contribution in [3.63, 3.8) is 0 Å². The molecule has 8 rings (SSSR count). The van der Waals surface area contributed by atoms with Gasteiger partial charge in [-0.2, -0.15) is 0 Å². The lowest BCUT2D eigenvalue weighted by Crippen LogP contribution is -2.40. The van der Waals surface area contributed by atoms with E-state index < -0.39 is 0 Å². The van der Waals surface area contributed by atoms with Gasteiger partial charge in [0.25, 0.3) is 0 Å². The molecule has 0 aliphatic carbocycles. The zero-order valence-electron chi connectivity index (χ0n) is 28.4. The molecular formula is C43H40N4O2. The van der Waals surface area contributed by atoms with Gasteiger partial charge in [0.1, 0.15) is 11.5 Å². The molecule has 2 heterocycles. The second kappa shape index (κ2) is 12.0. The number of hydrogen-bond acceptors (Lipinski definition) is 6. The fourth-order valence-corrected chi connectivity index (χ4v) is 7.75. The summed E-state index contributed by atoms with van der Waals surface area (Å²) in [6.07, 6.45) is 0. The highest BCUT2D eigenvalue weighted by Crippen LogP contribution is 2.49. The van der Waals surface area contributed by atoms with Gasteiger partial charge in [-0.3, -0.25) is 0 Å². The summed E-state index contributed by atoms with van der Waals surface area (Å²) >= 11 is 0. The van der Waals surface area contributed by atoms with Crippen LogP contribution in [-0.4, -0.2) is 30.2 Å². The number of fused-ring (bicyclic) bond motifs is 2. The molecule has 49 heavy (non-hydrogen) atoms. The Morgan fingerprint density at radius 2 is 0.816 bits per heavy atom. The quantitative estimate of drug-likeness (QED) is 0.188. The molecule has 0 aromatic heterocycles. The third-order valence-corrected chi connectivity index (χ3v) is 10.1. The predicted molar refractivity (Wildman–Crippen MR) is 203 cm³/mol. The van der Waals surface area contributed by atoms with Gasteiger partial charge in [-0.05, 0) is 121 Å². The fourth-order valence-electron chi connectivity index (χ4n) is 7.75. The zero-order chi connectivity index (χ0) is 33.8. The van der Waals surface area contributed by atoms with Gasteiger partial charge in [0.15, 0.2) is 0 Å². The second-order valence-corrected chi connectivity index (χ2v) is 13.3. The van der Waals surface area contributed by atoms with Crippen molar-refractivity contribution in [2.75, 3.05) is 39.6 Å². The molecule has 6 heteroatoms. The fraction of sp³-hybridized carbons (Fsp3) is 0.163. The largest absolute Gasteiger partial charge is 0.506 e. The average molecular weight is 645 g/mol. The third kappa shape index (κ3) is 5.21. The summed E-state index contributed by atoms with van der Waals surface area (Å²) in [5.41, 5.74) is 15.7. The van der Waals surface area contributed by atoms with Crippen LogP contribution in [0.5, 0.6) is 11.5 Å². The van der Waals surface area contributed by atoms with E-state index in [1.54, 1.807) is 12.1 Å². The number of phenolic OH excluding ortho intramolecular Hbond substituents is 2. The number of aromatic hydroxyl groups is 2. The number of benzene rings is 6. The Balaban J connectivity index is 1.24. The topological polar surface area (TPSA) is 53.4 Å². The van der Waals surface area contributed by atoms with Gasteiger partial charge in [0, 0.05) is 0 Å². The summed E-state index contributed by atoms with van der Waals surface area (Å²) in [4.78, 5) is 9.18. The van der Waals surface area contributed by atoms with Gasteiger partial charge in [-0.1, -0.05) is 72.8 Å². The van der Waals surface area contributed by atoms with E-state index in [1.165, 1.54) is 44.5 Å². The normalized spacial score (nSPS) is 13.6. The molecular weight excluding hydrogens is 604 g/mol. The standard InChI is InChI=1S/C43H40N4O2/c1-28-11-9-12-29(2)42(28)32-19-21-34-38(23-32)44(26-46(34)36-15-5-7-17-40(36)48)25-45-27-47(37-16-6-8-18-41(37)49)35-22-20-33(24-39(35)45)43-30(3)13-10-14-31(43)4/h5-24,48-49H,25-27H2,1-4H3. The van der Waals surface area contributed by atoms with Crippen molar-refractivity contribution in [3.8, 4) is 33.8 Å². The van der Waals surface area contributed by atoms with Crippen LogP contribution in [0.4, 0.5) is 34.1 Å². The average Bonchev–Trinajstić information content (AvgIpc) is 3.63. The minimum atomic E-state index is 0.254. The minimum Gasteiger partial charge on any atom is -0.506 e. The lowest BCUT2D eigenvalue weighted by atomic mass is 9.95. The third-order valence-electron chi connectivity index (χ3n) is 10.1. The highest BCUT2D eigenvalue weighted by atomic mass is 16.3. The summed E-state index contributed by atoms with van der Waals surface area (Å²) in [5, 5.41) is 21.9. The first-order chi connectivity index (χ1) is 23.8. The smallest absolute Gasteiger partial charge is 0.139 e. The van der Waals surface area contributed by atoms with E-state index in [9.17, 15) is 10.2 Å². The molecule has 0 amide bonds. The van der Waals surface area contributed by atoms with Crippen molar-refractivity contribution in [1.82, 2.24) is 0 Å². The van der Waals surface area contributed by atoms with Crippen LogP contribution < -0.4 is 19.6 Å². The van der Waals surface area contributed by atoms with Crippen molar-refractivity contribution in [3.05, 3.63) is 144 Å². The maximum absolute atomic E-state index is 11.0. The molecule has 2 aliphatic heterocycles. The molecule has 6 aromatic carbocycles. The number of phenols is 2. The lowest BCUT2D eigenvalue weighted by Gasteiger charge is -2.29. The van der Waals surface area contributed by atoms with E-state index in [4.69, 9.17) is 0 Å². The van der Waals surface area contributed by atoms with Crippen molar-refractivity contribution >= 4 is 34.1 Å². The molecule has 0 saturated heterocycles. The molecule has 0 radical (unpaired) electrons. The van der Waals surface area contributed by atoms with Crippen LogP contribution >= 0.6 is 0 Å². The van der Waals surface area contributed by atoms with E-state index in [0.29, 0.717) is 20.0 Å². The SMILES string of the molecule is Cc1cccc(C)c1-c1ccc2c(c1)N(CN1CN(c3ccccc3O)c3ccc(-c4c(C)cccc4C)cc31)CN2c1ccccc1O. The second-order valence-electron chi connectivity index (χ2n) is 13.3. The number of anilines is 6. The molecule has 2 N–H and O–H groups in total. The number of para-hydroxylation sites is 4. The maximum atomic E-state index is 11.0. The molecule has 0 atom stereocenters. The van der Waals surface area contributed by atoms with Gasteiger partial charge in [-0.15, -0.1) is 0 Å². The molecule has 0 fully saturated rings. The first-order valence-corrected chi connectivity index (χ1v) is 16.8. The van der Waals surface area contributed by atoms with Gasteiger partial charge in [-0.25, -0.2) is 0 Å². The van der Waals surface area contributed by atoms with Crippen molar-refractivity contribution in [2.24, 2.45) is 0 Å². The van der Waals surface area contributed by atoms with E-state index in [2.05, 4.69) is 120 Å². The lowest BCUT2D eigenvalue weighted by molar-refractivity contribution is 0.475. The van der Waals surface area contributed by atoms with Gasteiger partial charge in [0.2, 0.25) is 0 Å². The van der Waals surface area contributed by atoms with Crippen LogP contribution in [0.2, 0.25) is 0 Å². The minimum absolute atomic E-state index is 0.254. The van der Waals surface area contributed by atoms with Gasteiger partial charge < -0.3 is 29.8 Å². The molecule has 244 valence electrons. The summed E-state index contributed by atoms with van der Waals surface area (Å²) in [6.45, 7) is 10.4. The number of aryl methyl sites for hydroxylation is 4. The van der Waals surface area contributed by atoms with Crippen LogP contribution in [0.25, 0.3) is 22.3 Å².